The monoisotopic (exact) mass is 349 g/mol. The third-order valence-electron chi connectivity index (χ3n) is 3.34. The maximum atomic E-state index is 13.6. The Hall–Kier alpha value is -2.40. The first kappa shape index (κ1) is 17.9. The molecule has 0 spiro atoms. The molecule has 0 heterocycles. The van der Waals surface area contributed by atoms with E-state index in [1.165, 1.54) is 19.1 Å². The van der Waals surface area contributed by atoms with E-state index in [-0.39, 0.29) is 17.1 Å². The predicted molar refractivity (Wildman–Crippen MR) is 90.5 cm³/mol. The molecule has 126 valence electrons. The Morgan fingerprint density at radius 3 is 2.50 bits per heavy atom. The van der Waals surface area contributed by atoms with Gasteiger partial charge in [0.05, 0.1) is 12.1 Å². The van der Waals surface area contributed by atoms with Crippen molar-refractivity contribution >= 4 is 29.2 Å². The summed E-state index contributed by atoms with van der Waals surface area (Å²) in [5, 5.41) is 2.59. The number of hydrogen-bond acceptors (Lipinski definition) is 3. The summed E-state index contributed by atoms with van der Waals surface area (Å²) in [7, 11) is 0. The lowest BCUT2D eigenvalue weighted by atomic mass is 10.1. The molecule has 2 aromatic rings. The number of esters is 1. The minimum atomic E-state index is -1.04. The summed E-state index contributed by atoms with van der Waals surface area (Å²) >= 11 is 5.65. The Balaban J connectivity index is 1.90. The standard InChI is InChI=1S/C18H17ClFNO3/c1-11-3-5-13(6-4-11)9-17(22)24-12(2)18(23)21-16-8-7-14(19)10-15(16)20/h3-8,10,12H,9H2,1-2H3,(H,21,23)/t12-/m0/s1. The minimum absolute atomic E-state index is 0.0224. The van der Waals surface area contributed by atoms with Gasteiger partial charge in [-0.25, -0.2) is 4.39 Å². The maximum Gasteiger partial charge on any atom is 0.311 e. The van der Waals surface area contributed by atoms with Crippen LogP contribution in [0.25, 0.3) is 0 Å². The van der Waals surface area contributed by atoms with E-state index in [1.54, 1.807) is 0 Å². The van der Waals surface area contributed by atoms with E-state index in [2.05, 4.69) is 5.32 Å². The number of rotatable bonds is 5. The van der Waals surface area contributed by atoms with Crippen LogP contribution in [0.2, 0.25) is 5.02 Å². The normalized spacial score (nSPS) is 11.7. The molecule has 0 saturated heterocycles. The molecule has 0 aliphatic rings. The SMILES string of the molecule is Cc1ccc(CC(=O)O[C@@H](C)C(=O)Nc2ccc(Cl)cc2F)cc1. The second kappa shape index (κ2) is 7.93. The molecule has 4 nitrogen and oxygen atoms in total. The van der Waals surface area contributed by atoms with Crippen LogP contribution in [0, 0.1) is 12.7 Å². The Morgan fingerprint density at radius 1 is 1.21 bits per heavy atom. The average molecular weight is 350 g/mol. The third-order valence-corrected chi connectivity index (χ3v) is 3.57. The fourth-order valence-electron chi connectivity index (χ4n) is 1.99. The molecule has 1 atom stereocenters. The average Bonchev–Trinajstić information content (AvgIpc) is 2.52. The lowest BCUT2D eigenvalue weighted by Crippen LogP contribution is -2.30. The number of benzene rings is 2. The van der Waals surface area contributed by atoms with Crippen LogP contribution in [0.4, 0.5) is 10.1 Å². The summed E-state index contributed by atoms with van der Waals surface area (Å²) in [5.41, 5.74) is 1.86. The number of aryl methyl sites for hydroxylation is 1. The first-order valence-electron chi connectivity index (χ1n) is 7.36. The number of amides is 1. The predicted octanol–water partition coefficient (Wildman–Crippen LogP) is 3.90. The van der Waals surface area contributed by atoms with Gasteiger partial charge in [0.1, 0.15) is 5.82 Å². The van der Waals surface area contributed by atoms with Crippen molar-refractivity contribution in [1.82, 2.24) is 0 Å². The molecule has 6 heteroatoms. The maximum absolute atomic E-state index is 13.6. The number of carbonyl (C=O) groups is 2. The fourth-order valence-corrected chi connectivity index (χ4v) is 2.15. The highest BCUT2D eigenvalue weighted by Crippen LogP contribution is 2.19. The van der Waals surface area contributed by atoms with Gasteiger partial charge in [-0.1, -0.05) is 41.4 Å². The fraction of sp³-hybridized carbons (Fsp3) is 0.222. The van der Waals surface area contributed by atoms with Crippen molar-refractivity contribution in [3.05, 3.63) is 64.4 Å². The van der Waals surface area contributed by atoms with Crippen LogP contribution in [0.5, 0.6) is 0 Å². The number of halogens is 2. The van der Waals surface area contributed by atoms with Gasteiger partial charge in [0.2, 0.25) is 0 Å². The van der Waals surface area contributed by atoms with Gasteiger partial charge in [-0.2, -0.15) is 0 Å². The van der Waals surface area contributed by atoms with E-state index in [1.807, 2.05) is 31.2 Å². The van der Waals surface area contributed by atoms with Gasteiger partial charge in [0.15, 0.2) is 6.10 Å². The zero-order chi connectivity index (χ0) is 17.7. The highest BCUT2D eigenvalue weighted by atomic mass is 35.5. The molecule has 1 N–H and O–H groups in total. The zero-order valence-electron chi connectivity index (χ0n) is 13.3. The van der Waals surface area contributed by atoms with E-state index < -0.39 is 23.8 Å². The second-order valence-electron chi connectivity index (χ2n) is 5.41. The Morgan fingerprint density at radius 2 is 1.88 bits per heavy atom. The van der Waals surface area contributed by atoms with Gasteiger partial charge < -0.3 is 10.1 Å². The Bertz CT molecular complexity index is 746. The molecule has 0 unspecified atom stereocenters. The van der Waals surface area contributed by atoms with E-state index in [0.29, 0.717) is 0 Å². The molecule has 0 aliphatic heterocycles. The summed E-state index contributed by atoms with van der Waals surface area (Å²) in [5.74, 6) is -1.81. The van der Waals surface area contributed by atoms with Crippen LogP contribution in [0.3, 0.4) is 0 Å². The summed E-state index contributed by atoms with van der Waals surface area (Å²) in [6.07, 6.45) is -0.981. The van der Waals surface area contributed by atoms with Gasteiger partial charge in [0.25, 0.3) is 5.91 Å². The van der Waals surface area contributed by atoms with Crippen LogP contribution in [0.1, 0.15) is 18.1 Å². The number of hydrogen-bond donors (Lipinski definition) is 1. The summed E-state index contributed by atoms with van der Waals surface area (Å²) < 4.78 is 18.7. The van der Waals surface area contributed by atoms with Crippen LogP contribution in [0.15, 0.2) is 42.5 Å². The summed E-state index contributed by atoms with van der Waals surface area (Å²) in [6.45, 7) is 3.38. The molecule has 0 aliphatic carbocycles. The first-order chi connectivity index (χ1) is 11.3. The lowest BCUT2D eigenvalue weighted by Gasteiger charge is -2.14. The third kappa shape index (κ3) is 5.06. The van der Waals surface area contributed by atoms with Crippen molar-refractivity contribution in [2.45, 2.75) is 26.4 Å². The van der Waals surface area contributed by atoms with E-state index in [9.17, 15) is 14.0 Å². The molecule has 0 aromatic heterocycles. The van der Waals surface area contributed by atoms with E-state index in [0.717, 1.165) is 17.2 Å². The quantitative estimate of drug-likeness (QED) is 0.833. The smallest absolute Gasteiger partial charge is 0.311 e. The van der Waals surface area contributed by atoms with Crippen LogP contribution < -0.4 is 5.32 Å². The van der Waals surface area contributed by atoms with Crippen molar-refractivity contribution in [3.8, 4) is 0 Å². The lowest BCUT2D eigenvalue weighted by molar-refractivity contribution is -0.152. The number of ether oxygens (including phenoxy) is 1. The van der Waals surface area contributed by atoms with Gasteiger partial charge in [-0.15, -0.1) is 0 Å². The van der Waals surface area contributed by atoms with Crippen LogP contribution in [-0.4, -0.2) is 18.0 Å². The van der Waals surface area contributed by atoms with Gasteiger partial charge >= 0.3 is 5.97 Å². The first-order valence-corrected chi connectivity index (χ1v) is 7.74. The molecule has 2 aromatic carbocycles. The van der Waals surface area contributed by atoms with Crippen molar-refractivity contribution < 1.29 is 18.7 Å². The van der Waals surface area contributed by atoms with Crippen molar-refractivity contribution in [3.63, 3.8) is 0 Å². The van der Waals surface area contributed by atoms with Crippen molar-refractivity contribution in [2.24, 2.45) is 0 Å². The largest absolute Gasteiger partial charge is 0.452 e. The number of nitrogens with one attached hydrogen (secondary N) is 1. The molecule has 0 fully saturated rings. The number of anilines is 1. The van der Waals surface area contributed by atoms with Crippen LogP contribution in [-0.2, 0) is 20.7 Å². The van der Waals surface area contributed by atoms with Gasteiger partial charge in [0, 0.05) is 5.02 Å². The molecule has 0 saturated carbocycles. The molecule has 24 heavy (non-hydrogen) atoms. The highest BCUT2D eigenvalue weighted by molar-refractivity contribution is 6.30. The van der Waals surface area contributed by atoms with Crippen molar-refractivity contribution in [1.29, 1.82) is 0 Å². The second-order valence-corrected chi connectivity index (χ2v) is 5.84. The number of carbonyl (C=O) groups excluding carboxylic acids is 2. The van der Waals surface area contributed by atoms with E-state index >= 15 is 0 Å². The van der Waals surface area contributed by atoms with Crippen LogP contribution >= 0.6 is 11.6 Å². The summed E-state index contributed by atoms with van der Waals surface area (Å²) in [6, 6.07) is 11.3. The molecule has 2 rings (SSSR count). The molecule has 0 bridgehead atoms. The molecule has 1 amide bonds. The van der Waals surface area contributed by atoms with E-state index in [4.69, 9.17) is 16.3 Å². The Kier molecular flexibility index (Phi) is 5.93. The summed E-state index contributed by atoms with van der Waals surface area (Å²) in [4.78, 5) is 23.9. The molecular weight excluding hydrogens is 333 g/mol. The van der Waals surface area contributed by atoms with Crippen molar-refractivity contribution in [2.75, 3.05) is 5.32 Å². The zero-order valence-corrected chi connectivity index (χ0v) is 14.1. The van der Waals surface area contributed by atoms with Gasteiger partial charge in [-0.3, -0.25) is 9.59 Å². The Labute approximate surface area is 144 Å². The molecular formula is C18H17ClFNO3. The highest BCUT2D eigenvalue weighted by Gasteiger charge is 2.19. The molecule has 0 radical (unpaired) electrons. The topological polar surface area (TPSA) is 55.4 Å². The van der Waals surface area contributed by atoms with Gasteiger partial charge in [-0.05, 0) is 37.6 Å². The minimum Gasteiger partial charge on any atom is -0.452 e.